The molecule has 0 saturated heterocycles. The molecular formula is C41H68. The Morgan fingerprint density at radius 2 is 0.829 bits per heavy atom. The largest absolute Gasteiger partial charge is 0.0622 e. The summed E-state index contributed by atoms with van der Waals surface area (Å²) in [6, 6.07) is 0. The Balaban J connectivity index is 0.0000000848. The third-order valence-corrected chi connectivity index (χ3v) is 17.3. The first kappa shape index (κ1) is 28.5. The van der Waals surface area contributed by atoms with Crippen LogP contribution in [0.25, 0.3) is 0 Å². The lowest BCUT2D eigenvalue weighted by molar-refractivity contribution is -0.0282. The minimum Gasteiger partial charge on any atom is -0.0622 e. The topological polar surface area (TPSA) is 0 Å². The van der Waals surface area contributed by atoms with Gasteiger partial charge in [-0.15, -0.1) is 0 Å². The quantitative estimate of drug-likeness (QED) is 0.258. The van der Waals surface area contributed by atoms with E-state index in [9.17, 15) is 0 Å². The lowest BCUT2D eigenvalue weighted by atomic mass is 9.52. The SMILES string of the molecule is CC1C2CC3CC(C2)CC1C3.CC1CC2CC1C1C3CCC(C3)C21.CC1CC2CCC1C2.CC1CC2CCC1CC2. The average Bonchev–Trinajstić information content (AvgIpc) is 3.81. The van der Waals surface area contributed by atoms with E-state index in [2.05, 4.69) is 27.7 Å². The van der Waals surface area contributed by atoms with Crippen LogP contribution in [0.5, 0.6) is 0 Å². The summed E-state index contributed by atoms with van der Waals surface area (Å²) in [6.45, 7) is 9.89. The second-order valence-electron chi connectivity index (χ2n) is 19.3. The van der Waals surface area contributed by atoms with Gasteiger partial charge < -0.3 is 0 Å². The highest BCUT2D eigenvalue weighted by molar-refractivity contribution is 5.10. The van der Waals surface area contributed by atoms with E-state index in [0.29, 0.717) is 0 Å². The van der Waals surface area contributed by atoms with Gasteiger partial charge in [-0.2, -0.15) is 0 Å². The van der Waals surface area contributed by atoms with Crippen molar-refractivity contribution < 1.29 is 0 Å². The van der Waals surface area contributed by atoms with Gasteiger partial charge in [-0.25, -0.2) is 0 Å². The van der Waals surface area contributed by atoms with Crippen molar-refractivity contribution in [3.63, 3.8) is 0 Å². The molecule has 0 spiro atoms. The van der Waals surface area contributed by atoms with Gasteiger partial charge in [0.05, 0.1) is 0 Å². The summed E-state index contributed by atoms with van der Waals surface area (Å²) in [5, 5.41) is 0. The molecule has 232 valence electrons. The van der Waals surface area contributed by atoms with Gasteiger partial charge >= 0.3 is 0 Å². The van der Waals surface area contributed by atoms with Crippen LogP contribution in [0.1, 0.15) is 150 Å². The monoisotopic (exact) mass is 561 g/mol. The summed E-state index contributed by atoms with van der Waals surface area (Å²) in [5.74, 6) is 20.6. The molecule has 11 unspecified atom stereocenters. The standard InChI is InChI=1S/C13H20.C11H18.C9H16.C8H14/c1-7-4-10-6-11(7)13-9-3-2-8(5-9)12(10)13;1-7-10-3-8-2-9(5-10)6-11(7)4-8;1-7-6-8-2-4-9(7)5-3-8;1-6-4-7-2-3-8(6)5-7/h7-13H,2-6H2,1H3;7-11H,2-6H2,1H3;7-9H,2-6H2,1H3;6-8H,2-5H2,1H3. The smallest absolute Gasteiger partial charge is 0.0321 e. The van der Waals surface area contributed by atoms with Crippen LogP contribution in [0.2, 0.25) is 0 Å². The predicted molar refractivity (Wildman–Crippen MR) is 173 cm³/mol. The van der Waals surface area contributed by atoms with Gasteiger partial charge in [0.1, 0.15) is 0 Å². The molecule has 0 heteroatoms. The van der Waals surface area contributed by atoms with Crippen molar-refractivity contribution in [3.05, 3.63) is 0 Å². The number of fused-ring (bicyclic) bond motifs is 14. The maximum absolute atomic E-state index is 2.52. The second-order valence-corrected chi connectivity index (χ2v) is 19.3. The van der Waals surface area contributed by atoms with Crippen LogP contribution in [0, 0.1) is 107 Å². The van der Waals surface area contributed by atoms with Crippen molar-refractivity contribution in [2.24, 2.45) is 107 Å². The van der Waals surface area contributed by atoms with Crippen molar-refractivity contribution >= 4 is 0 Å². The molecule has 0 aromatic rings. The molecule has 0 nitrogen and oxygen atoms in total. The molecule has 13 aliphatic rings. The zero-order chi connectivity index (χ0) is 27.8. The molecule has 13 aliphatic carbocycles. The van der Waals surface area contributed by atoms with Crippen LogP contribution < -0.4 is 0 Å². The van der Waals surface area contributed by atoms with Gasteiger partial charge in [-0.05, 0) is 209 Å². The molecule has 41 heavy (non-hydrogen) atoms. The van der Waals surface area contributed by atoms with Gasteiger partial charge in [-0.1, -0.05) is 47.0 Å². The van der Waals surface area contributed by atoms with Gasteiger partial charge in [0, 0.05) is 0 Å². The molecule has 0 aromatic heterocycles. The Morgan fingerprint density at radius 1 is 0.293 bits per heavy atom. The highest BCUT2D eigenvalue weighted by Crippen LogP contribution is 2.68. The zero-order valence-corrected chi connectivity index (χ0v) is 27.8. The first-order chi connectivity index (χ1) is 19.9. The highest BCUT2D eigenvalue weighted by Gasteiger charge is 2.61. The van der Waals surface area contributed by atoms with Crippen LogP contribution >= 0.6 is 0 Å². The van der Waals surface area contributed by atoms with E-state index in [0.717, 1.165) is 71.0 Å². The molecule has 0 heterocycles. The van der Waals surface area contributed by atoms with Gasteiger partial charge in [0.2, 0.25) is 0 Å². The summed E-state index contributed by atoms with van der Waals surface area (Å²) in [7, 11) is 0. The van der Waals surface area contributed by atoms with E-state index < -0.39 is 0 Å². The minimum atomic E-state index is 1.07. The summed E-state index contributed by atoms with van der Waals surface area (Å²) >= 11 is 0. The predicted octanol–water partition coefficient (Wildman–Crippen LogP) is 11.7. The number of rotatable bonds is 0. The molecule has 0 N–H and O–H groups in total. The molecule has 13 rings (SSSR count). The lowest BCUT2D eigenvalue weighted by Crippen LogP contribution is -2.43. The average molecular weight is 561 g/mol. The molecule has 12 bridgehead atoms. The molecular weight excluding hydrogens is 492 g/mol. The van der Waals surface area contributed by atoms with Crippen molar-refractivity contribution in [2.45, 2.75) is 150 Å². The molecule has 11 atom stereocenters. The number of hydrogen-bond acceptors (Lipinski definition) is 0. The molecule has 0 radical (unpaired) electrons. The van der Waals surface area contributed by atoms with E-state index in [1.165, 1.54) is 35.5 Å². The van der Waals surface area contributed by atoms with E-state index in [1.54, 1.807) is 122 Å². The maximum atomic E-state index is 2.52. The summed E-state index contributed by atoms with van der Waals surface area (Å²) in [4.78, 5) is 0. The Bertz CT molecular complexity index is 864. The van der Waals surface area contributed by atoms with Crippen LogP contribution in [0.15, 0.2) is 0 Å². The van der Waals surface area contributed by atoms with Crippen molar-refractivity contribution in [1.82, 2.24) is 0 Å². The molecule has 0 amide bonds. The Labute approximate surface area is 255 Å². The molecule has 0 aliphatic heterocycles. The lowest BCUT2D eigenvalue weighted by Gasteiger charge is -2.53. The summed E-state index contributed by atoms with van der Waals surface area (Å²) in [6.07, 6.45) is 30.0. The van der Waals surface area contributed by atoms with Crippen LogP contribution in [-0.4, -0.2) is 0 Å². The Kier molecular flexibility index (Phi) is 7.93. The molecule has 13 fully saturated rings. The molecule has 0 aromatic carbocycles. The number of hydrogen-bond donors (Lipinski definition) is 0. The van der Waals surface area contributed by atoms with E-state index in [4.69, 9.17) is 0 Å². The van der Waals surface area contributed by atoms with E-state index in [1.807, 2.05) is 0 Å². The third kappa shape index (κ3) is 5.34. The van der Waals surface area contributed by atoms with Crippen LogP contribution in [0.3, 0.4) is 0 Å². The fourth-order valence-electron chi connectivity index (χ4n) is 15.4. The summed E-state index contributed by atoms with van der Waals surface area (Å²) < 4.78 is 0. The highest BCUT2D eigenvalue weighted by atomic mass is 14.7. The third-order valence-electron chi connectivity index (χ3n) is 17.3. The van der Waals surface area contributed by atoms with Crippen molar-refractivity contribution in [1.29, 1.82) is 0 Å². The normalized spacial score (nSPS) is 58.8. The molecule has 13 saturated carbocycles. The fourth-order valence-corrected chi connectivity index (χ4v) is 15.4. The van der Waals surface area contributed by atoms with Gasteiger partial charge in [-0.3, -0.25) is 0 Å². The van der Waals surface area contributed by atoms with Crippen LogP contribution in [0.4, 0.5) is 0 Å². The second kappa shape index (κ2) is 11.4. The summed E-state index contributed by atoms with van der Waals surface area (Å²) in [5.41, 5.74) is 0. The zero-order valence-electron chi connectivity index (χ0n) is 27.8. The Morgan fingerprint density at radius 3 is 1.32 bits per heavy atom. The Hall–Kier alpha value is 0. The fraction of sp³-hybridized carbons (Fsp3) is 1.00. The first-order valence-electron chi connectivity index (χ1n) is 19.9. The van der Waals surface area contributed by atoms with Gasteiger partial charge in [0.15, 0.2) is 0 Å². The maximum Gasteiger partial charge on any atom is -0.0321 e. The minimum absolute atomic E-state index is 1.07. The van der Waals surface area contributed by atoms with E-state index >= 15 is 0 Å². The van der Waals surface area contributed by atoms with E-state index in [-0.39, 0.29) is 0 Å². The van der Waals surface area contributed by atoms with Crippen molar-refractivity contribution in [2.75, 3.05) is 0 Å². The van der Waals surface area contributed by atoms with Gasteiger partial charge in [0.25, 0.3) is 0 Å². The van der Waals surface area contributed by atoms with Crippen molar-refractivity contribution in [3.8, 4) is 0 Å². The first-order valence-corrected chi connectivity index (χ1v) is 19.9. The van der Waals surface area contributed by atoms with Crippen LogP contribution in [-0.2, 0) is 0 Å².